The summed E-state index contributed by atoms with van der Waals surface area (Å²) in [6.07, 6.45) is 3.80. The molecule has 0 aliphatic rings. The molecule has 0 atom stereocenters. The summed E-state index contributed by atoms with van der Waals surface area (Å²) in [7, 11) is 1.60. The van der Waals surface area contributed by atoms with Gasteiger partial charge in [0, 0.05) is 17.4 Å². The standard InChI is InChI=1S/C23H22N2O3S/c1-15-19(14-17-6-4-3-5-7-17)29-23(21(15)22(24)27)25-20(26)13-10-16-8-11-18(28-2)12-9-16/h3-13H,14H2,1-2H3,(H2,24,27)(H,25,26). The SMILES string of the molecule is COc1ccc(C=CC(=O)Nc2sc(Cc3ccccc3)c(C)c2C(N)=O)cc1. The first-order valence-electron chi connectivity index (χ1n) is 9.07. The van der Waals surface area contributed by atoms with Crippen LogP contribution in [0, 0.1) is 6.92 Å². The number of carbonyl (C=O) groups is 2. The predicted octanol–water partition coefficient (Wildman–Crippen LogP) is 4.41. The second-order valence-corrected chi connectivity index (χ2v) is 7.58. The van der Waals surface area contributed by atoms with Crippen molar-refractivity contribution in [2.24, 2.45) is 5.73 Å². The molecule has 3 aromatic rings. The van der Waals surface area contributed by atoms with Crippen LogP contribution >= 0.6 is 11.3 Å². The Morgan fingerprint density at radius 3 is 2.41 bits per heavy atom. The number of amides is 2. The van der Waals surface area contributed by atoms with E-state index < -0.39 is 5.91 Å². The van der Waals surface area contributed by atoms with Crippen molar-refractivity contribution in [3.8, 4) is 5.75 Å². The van der Waals surface area contributed by atoms with Gasteiger partial charge in [-0.1, -0.05) is 42.5 Å². The fraction of sp³-hybridized carbons (Fsp3) is 0.130. The zero-order chi connectivity index (χ0) is 20.8. The van der Waals surface area contributed by atoms with E-state index in [4.69, 9.17) is 10.5 Å². The van der Waals surface area contributed by atoms with Gasteiger partial charge >= 0.3 is 0 Å². The minimum atomic E-state index is -0.549. The molecule has 29 heavy (non-hydrogen) atoms. The molecule has 3 rings (SSSR count). The van der Waals surface area contributed by atoms with E-state index in [1.54, 1.807) is 13.2 Å². The van der Waals surface area contributed by atoms with Gasteiger partial charge in [-0.05, 0) is 41.8 Å². The molecule has 0 unspecified atom stereocenters. The van der Waals surface area contributed by atoms with Gasteiger partial charge in [-0.25, -0.2) is 0 Å². The van der Waals surface area contributed by atoms with Crippen molar-refractivity contribution in [3.63, 3.8) is 0 Å². The highest BCUT2D eigenvalue weighted by atomic mass is 32.1. The molecule has 2 aromatic carbocycles. The lowest BCUT2D eigenvalue weighted by Crippen LogP contribution is -2.16. The van der Waals surface area contributed by atoms with E-state index in [0.29, 0.717) is 17.0 Å². The van der Waals surface area contributed by atoms with Crippen LogP contribution in [-0.4, -0.2) is 18.9 Å². The number of anilines is 1. The molecule has 1 aromatic heterocycles. The van der Waals surface area contributed by atoms with Gasteiger partial charge in [0.1, 0.15) is 10.8 Å². The first kappa shape index (κ1) is 20.4. The summed E-state index contributed by atoms with van der Waals surface area (Å²) in [6, 6.07) is 17.3. The molecule has 0 radical (unpaired) electrons. The number of nitrogens with one attached hydrogen (secondary N) is 1. The molecule has 0 saturated heterocycles. The van der Waals surface area contributed by atoms with Crippen molar-refractivity contribution in [3.05, 3.63) is 87.8 Å². The van der Waals surface area contributed by atoms with Crippen LogP contribution in [0.25, 0.3) is 6.08 Å². The van der Waals surface area contributed by atoms with Crippen molar-refractivity contribution in [2.75, 3.05) is 12.4 Å². The van der Waals surface area contributed by atoms with Crippen molar-refractivity contribution >= 4 is 34.2 Å². The third-order valence-corrected chi connectivity index (χ3v) is 5.69. The summed E-state index contributed by atoms with van der Waals surface area (Å²) in [4.78, 5) is 25.4. The van der Waals surface area contributed by atoms with E-state index in [1.165, 1.54) is 17.4 Å². The number of ether oxygens (including phenoxy) is 1. The number of hydrogen-bond acceptors (Lipinski definition) is 4. The van der Waals surface area contributed by atoms with Crippen LogP contribution in [-0.2, 0) is 11.2 Å². The van der Waals surface area contributed by atoms with Crippen LogP contribution in [0.15, 0.2) is 60.7 Å². The number of nitrogens with two attached hydrogens (primary N) is 1. The maximum atomic E-state index is 12.4. The number of benzene rings is 2. The highest BCUT2D eigenvalue weighted by molar-refractivity contribution is 7.17. The molecule has 6 heteroatoms. The number of thiophene rings is 1. The second kappa shape index (κ2) is 9.21. The van der Waals surface area contributed by atoms with Crippen molar-refractivity contribution in [1.29, 1.82) is 0 Å². The summed E-state index contributed by atoms with van der Waals surface area (Å²) in [5, 5.41) is 3.28. The molecule has 0 saturated carbocycles. The fourth-order valence-corrected chi connectivity index (χ4v) is 4.18. The molecule has 148 valence electrons. The smallest absolute Gasteiger partial charge is 0.251 e. The van der Waals surface area contributed by atoms with Crippen LogP contribution in [0.3, 0.4) is 0 Å². The van der Waals surface area contributed by atoms with Crippen LogP contribution in [0.2, 0.25) is 0 Å². The van der Waals surface area contributed by atoms with Gasteiger partial charge in [0.2, 0.25) is 5.91 Å². The molecule has 0 fully saturated rings. The normalized spacial score (nSPS) is 10.8. The topological polar surface area (TPSA) is 81.4 Å². The molecule has 2 amide bonds. The van der Waals surface area contributed by atoms with Gasteiger partial charge < -0.3 is 15.8 Å². The number of carbonyl (C=O) groups excluding carboxylic acids is 2. The minimum absolute atomic E-state index is 0.323. The lowest BCUT2D eigenvalue weighted by Gasteiger charge is -2.02. The summed E-state index contributed by atoms with van der Waals surface area (Å²) >= 11 is 1.38. The molecule has 5 nitrogen and oxygen atoms in total. The molecule has 1 heterocycles. The third kappa shape index (κ3) is 5.12. The van der Waals surface area contributed by atoms with E-state index in [0.717, 1.165) is 27.3 Å². The van der Waals surface area contributed by atoms with E-state index in [2.05, 4.69) is 5.32 Å². The Bertz CT molecular complexity index is 1040. The van der Waals surface area contributed by atoms with E-state index in [1.807, 2.05) is 61.5 Å². The Morgan fingerprint density at radius 1 is 1.10 bits per heavy atom. The Hall–Kier alpha value is -3.38. The first-order chi connectivity index (χ1) is 14.0. The van der Waals surface area contributed by atoms with Crippen molar-refractivity contribution in [2.45, 2.75) is 13.3 Å². The Kier molecular flexibility index (Phi) is 6.46. The van der Waals surface area contributed by atoms with Gasteiger partial charge in [-0.15, -0.1) is 11.3 Å². The van der Waals surface area contributed by atoms with E-state index >= 15 is 0 Å². The number of methoxy groups -OCH3 is 1. The second-order valence-electron chi connectivity index (χ2n) is 6.48. The molecule has 3 N–H and O–H groups in total. The van der Waals surface area contributed by atoms with E-state index in [-0.39, 0.29) is 5.91 Å². The largest absolute Gasteiger partial charge is 0.497 e. The van der Waals surface area contributed by atoms with Crippen molar-refractivity contribution in [1.82, 2.24) is 0 Å². The summed E-state index contributed by atoms with van der Waals surface area (Å²) < 4.78 is 5.12. The zero-order valence-electron chi connectivity index (χ0n) is 16.3. The maximum Gasteiger partial charge on any atom is 0.251 e. The Labute approximate surface area is 173 Å². The lowest BCUT2D eigenvalue weighted by atomic mass is 10.1. The summed E-state index contributed by atoms with van der Waals surface area (Å²) in [5.41, 5.74) is 8.74. The average Bonchev–Trinajstić information content (AvgIpc) is 3.02. The monoisotopic (exact) mass is 406 g/mol. The van der Waals surface area contributed by atoms with Crippen LogP contribution in [0.4, 0.5) is 5.00 Å². The van der Waals surface area contributed by atoms with E-state index in [9.17, 15) is 9.59 Å². The fourth-order valence-electron chi connectivity index (χ4n) is 2.94. The van der Waals surface area contributed by atoms with Gasteiger partial charge in [-0.2, -0.15) is 0 Å². The molecular formula is C23H22N2O3S. The Morgan fingerprint density at radius 2 is 1.79 bits per heavy atom. The first-order valence-corrected chi connectivity index (χ1v) is 9.88. The summed E-state index contributed by atoms with van der Waals surface area (Å²) in [6.45, 7) is 1.86. The molecule has 0 bridgehead atoms. The average molecular weight is 407 g/mol. The van der Waals surface area contributed by atoms with Crippen LogP contribution in [0.1, 0.15) is 31.9 Å². The molecule has 0 aliphatic heterocycles. The van der Waals surface area contributed by atoms with Gasteiger partial charge in [0.05, 0.1) is 12.7 Å². The van der Waals surface area contributed by atoms with Gasteiger partial charge in [-0.3, -0.25) is 9.59 Å². The lowest BCUT2D eigenvalue weighted by molar-refractivity contribution is -0.111. The highest BCUT2D eigenvalue weighted by Gasteiger charge is 2.20. The Balaban J connectivity index is 1.78. The maximum absolute atomic E-state index is 12.4. The molecule has 0 aliphatic carbocycles. The molecule has 0 spiro atoms. The van der Waals surface area contributed by atoms with Gasteiger partial charge in [0.15, 0.2) is 0 Å². The quantitative estimate of drug-likeness (QED) is 0.571. The minimum Gasteiger partial charge on any atom is -0.497 e. The predicted molar refractivity (Wildman–Crippen MR) is 117 cm³/mol. The van der Waals surface area contributed by atoms with Crippen molar-refractivity contribution < 1.29 is 14.3 Å². The number of hydrogen-bond donors (Lipinski definition) is 2. The third-order valence-electron chi connectivity index (χ3n) is 4.48. The van der Waals surface area contributed by atoms with Gasteiger partial charge in [0.25, 0.3) is 5.91 Å². The molecular weight excluding hydrogens is 384 g/mol. The van der Waals surface area contributed by atoms with Crippen LogP contribution < -0.4 is 15.8 Å². The highest BCUT2D eigenvalue weighted by Crippen LogP contribution is 2.34. The van der Waals surface area contributed by atoms with Crippen LogP contribution in [0.5, 0.6) is 5.75 Å². The summed E-state index contributed by atoms with van der Waals surface area (Å²) in [5.74, 6) is -0.124. The number of rotatable bonds is 7. The number of primary amides is 1. The zero-order valence-corrected chi connectivity index (χ0v) is 17.1.